The lowest BCUT2D eigenvalue weighted by Crippen LogP contribution is -2.41. The normalized spacial score (nSPS) is 25.2. The van der Waals surface area contributed by atoms with Gasteiger partial charge in [0.05, 0.1) is 6.61 Å². The van der Waals surface area contributed by atoms with E-state index in [1.54, 1.807) is 7.11 Å². The molecular weight excluding hydrogens is 266 g/mol. The molecule has 0 heterocycles. The van der Waals surface area contributed by atoms with Gasteiger partial charge in [0.2, 0.25) is 0 Å². The molecule has 4 nitrogen and oxygen atoms in total. The van der Waals surface area contributed by atoms with Crippen LogP contribution in [0, 0.1) is 5.41 Å². The number of nitrogens with one attached hydrogen (secondary N) is 1. The highest BCUT2D eigenvalue weighted by molar-refractivity contribution is 5.28. The second kappa shape index (κ2) is 7.78. The molecule has 0 saturated heterocycles. The maximum atomic E-state index is 9.59. The maximum Gasteiger partial charge on any atom is 0.119 e. The fraction of sp³-hybridized carbons (Fsp3) is 0.647. The second-order valence-corrected chi connectivity index (χ2v) is 6.13. The van der Waals surface area contributed by atoms with Crippen molar-refractivity contribution < 1.29 is 14.6 Å². The van der Waals surface area contributed by atoms with E-state index in [1.807, 2.05) is 12.1 Å². The summed E-state index contributed by atoms with van der Waals surface area (Å²) in [5.41, 5.74) is 1.23. The lowest BCUT2D eigenvalue weighted by atomic mass is 9.86. The molecule has 0 spiro atoms. The number of methoxy groups -OCH3 is 1. The van der Waals surface area contributed by atoms with Gasteiger partial charge in [-0.25, -0.2) is 0 Å². The molecule has 0 radical (unpaired) electrons. The smallest absolute Gasteiger partial charge is 0.119 e. The summed E-state index contributed by atoms with van der Waals surface area (Å²) in [7, 11) is 1.67. The van der Waals surface area contributed by atoms with E-state index in [-0.39, 0.29) is 12.0 Å². The van der Waals surface area contributed by atoms with Crippen molar-refractivity contribution in [1.82, 2.24) is 5.32 Å². The summed E-state index contributed by atoms with van der Waals surface area (Å²) in [5, 5.41) is 13.2. The number of aliphatic hydroxyl groups excluding tert-OH is 1. The molecule has 2 unspecified atom stereocenters. The number of hydrogen-bond acceptors (Lipinski definition) is 4. The van der Waals surface area contributed by atoms with Gasteiger partial charge < -0.3 is 19.9 Å². The van der Waals surface area contributed by atoms with E-state index in [0.29, 0.717) is 19.3 Å². The number of ether oxygens (including phenoxy) is 2. The average molecular weight is 293 g/mol. The van der Waals surface area contributed by atoms with Crippen molar-refractivity contribution in [3.63, 3.8) is 0 Å². The lowest BCUT2D eigenvalue weighted by Gasteiger charge is -2.30. The van der Waals surface area contributed by atoms with Crippen LogP contribution in [0.25, 0.3) is 0 Å². The zero-order chi connectivity index (χ0) is 15.1. The number of aliphatic hydroxyl groups is 1. The predicted molar refractivity (Wildman–Crippen MR) is 83.5 cm³/mol. The first-order valence-corrected chi connectivity index (χ1v) is 7.73. The first-order valence-electron chi connectivity index (χ1n) is 7.73. The van der Waals surface area contributed by atoms with E-state index >= 15 is 0 Å². The second-order valence-electron chi connectivity index (χ2n) is 6.13. The van der Waals surface area contributed by atoms with Crippen LogP contribution in [0.2, 0.25) is 0 Å². The minimum Gasteiger partial charge on any atom is -0.491 e. The molecule has 1 saturated carbocycles. The third-order valence-electron chi connectivity index (χ3n) is 4.45. The third kappa shape index (κ3) is 4.43. The van der Waals surface area contributed by atoms with Gasteiger partial charge in [-0.15, -0.1) is 0 Å². The minimum absolute atomic E-state index is 0.0204. The number of rotatable bonds is 8. The van der Waals surface area contributed by atoms with Crippen molar-refractivity contribution in [2.75, 3.05) is 26.9 Å². The van der Waals surface area contributed by atoms with Crippen LogP contribution in [-0.2, 0) is 11.3 Å². The van der Waals surface area contributed by atoms with Crippen molar-refractivity contribution in [3.8, 4) is 5.75 Å². The standard InChI is InChI=1S/C17H27NO3/c1-17(13-19)8-4-7-16(17)18-12-14-5-3-6-15(11-14)21-10-9-20-2/h3,5-6,11,16,18-19H,4,7-10,12-13H2,1-2H3. The average Bonchev–Trinajstić information content (AvgIpc) is 2.88. The van der Waals surface area contributed by atoms with Gasteiger partial charge in [0.1, 0.15) is 12.4 Å². The maximum absolute atomic E-state index is 9.59. The topological polar surface area (TPSA) is 50.7 Å². The Kier molecular flexibility index (Phi) is 6.03. The van der Waals surface area contributed by atoms with Gasteiger partial charge in [0.25, 0.3) is 0 Å². The Labute approximate surface area is 127 Å². The van der Waals surface area contributed by atoms with Crippen molar-refractivity contribution in [2.24, 2.45) is 5.41 Å². The van der Waals surface area contributed by atoms with Crippen LogP contribution in [0.4, 0.5) is 0 Å². The summed E-state index contributed by atoms with van der Waals surface area (Å²) in [4.78, 5) is 0. The van der Waals surface area contributed by atoms with Gasteiger partial charge >= 0.3 is 0 Å². The molecule has 4 heteroatoms. The molecule has 1 aromatic rings. The van der Waals surface area contributed by atoms with E-state index in [2.05, 4.69) is 24.4 Å². The van der Waals surface area contributed by atoms with E-state index in [9.17, 15) is 5.11 Å². The molecule has 2 atom stereocenters. The quantitative estimate of drug-likeness (QED) is 0.722. The zero-order valence-corrected chi connectivity index (χ0v) is 13.1. The Morgan fingerprint density at radius 3 is 3.00 bits per heavy atom. The molecule has 1 aromatic carbocycles. The number of hydrogen-bond donors (Lipinski definition) is 2. The van der Waals surface area contributed by atoms with Crippen molar-refractivity contribution >= 4 is 0 Å². The van der Waals surface area contributed by atoms with Crippen molar-refractivity contribution in [1.29, 1.82) is 0 Å². The Bertz CT molecular complexity index is 438. The molecule has 1 aliphatic rings. The molecule has 2 rings (SSSR count). The molecule has 1 aliphatic carbocycles. The fourth-order valence-corrected chi connectivity index (χ4v) is 3.00. The van der Waals surface area contributed by atoms with Crippen molar-refractivity contribution in [3.05, 3.63) is 29.8 Å². The van der Waals surface area contributed by atoms with Crippen LogP contribution >= 0.6 is 0 Å². The number of benzene rings is 1. The Morgan fingerprint density at radius 2 is 2.24 bits per heavy atom. The van der Waals surface area contributed by atoms with E-state index < -0.39 is 0 Å². The predicted octanol–water partition coefficient (Wildman–Crippen LogP) is 2.35. The van der Waals surface area contributed by atoms with Gasteiger partial charge in [0, 0.05) is 31.7 Å². The van der Waals surface area contributed by atoms with Gasteiger partial charge in [-0.1, -0.05) is 25.5 Å². The highest BCUT2D eigenvalue weighted by atomic mass is 16.5. The van der Waals surface area contributed by atoms with E-state index in [4.69, 9.17) is 9.47 Å². The molecule has 0 aliphatic heterocycles. The monoisotopic (exact) mass is 293 g/mol. The van der Waals surface area contributed by atoms with Gasteiger partial charge in [0.15, 0.2) is 0 Å². The highest BCUT2D eigenvalue weighted by Crippen LogP contribution is 2.37. The van der Waals surface area contributed by atoms with Gasteiger partial charge in [-0.2, -0.15) is 0 Å². The minimum atomic E-state index is 0.0204. The van der Waals surface area contributed by atoms with E-state index in [0.717, 1.165) is 25.1 Å². The Hall–Kier alpha value is -1.10. The fourth-order valence-electron chi connectivity index (χ4n) is 3.00. The van der Waals surface area contributed by atoms with E-state index in [1.165, 1.54) is 12.0 Å². The largest absolute Gasteiger partial charge is 0.491 e. The van der Waals surface area contributed by atoms with Crippen LogP contribution in [0.5, 0.6) is 5.75 Å². The molecule has 21 heavy (non-hydrogen) atoms. The van der Waals surface area contributed by atoms with Gasteiger partial charge in [-0.05, 0) is 30.5 Å². The molecule has 2 N–H and O–H groups in total. The third-order valence-corrected chi connectivity index (χ3v) is 4.45. The van der Waals surface area contributed by atoms with Crippen LogP contribution in [-0.4, -0.2) is 38.1 Å². The van der Waals surface area contributed by atoms with Gasteiger partial charge in [-0.3, -0.25) is 0 Å². The SMILES string of the molecule is COCCOc1cccc(CNC2CCCC2(C)CO)c1. The van der Waals surface area contributed by atoms with Crippen LogP contribution in [0.3, 0.4) is 0 Å². The summed E-state index contributed by atoms with van der Waals surface area (Å²) >= 11 is 0. The first-order chi connectivity index (χ1) is 10.2. The molecule has 118 valence electrons. The Balaban J connectivity index is 1.87. The van der Waals surface area contributed by atoms with Crippen LogP contribution in [0.1, 0.15) is 31.7 Å². The summed E-state index contributed by atoms with van der Waals surface area (Å²) in [6.45, 7) is 4.40. The van der Waals surface area contributed by atoms with Crippen molar-refractivity contribution in [2.45, 2.75) is 38.8 Å². The molecule has 0 amide bonds. The highest BCUT2D eigenvalue weighted by Gasteiger charge is 2.37. The molecule has 0 aromatic heterocycles. The first kappa shape index (κ1) is 16.3. The molecule has 1 fully saturated rings. The van der Waals surface area contributed by atoms with Crippen LogP contribution in [0.15, 0.2) is 24.3 Å². The Morgan fingerprint density at radius 1 is 1.38 bits per heavy atom. The summed E-state index contributed by atoms with van der Waals surface area (Å²) < 4.78 is 10.6. The molecular formula is C17H27NO3. The summed E-state index contributed by atoms with van der Waals surface area (Å²) in [6.07, 6.45) is 3.43. The summed E-state index contributed by atoms with van der Waals surface area (Å²) in [6, 6.07) is 8.53. The summed E-state index contributed by atoms with van der Waals surface area (Å²) in [5.74, 6) is 0.877. The molecule has 0 bridgehead atoms. The zero-order valence-electron chi connectivity index (χ0n) is 13.1. The van der Waals surface area contributed by atoms with Crippen LogP contribution < -0.4 is 10.1 Å². The lowest BCUT2D eigenvalue weighted by molar-refractivity contribution is 0.118.